The average molecular weight is 708 g/mol. The van der Waals surface area contributed by atoms with Gasteiger partial charge in [-0.05, 0) is 72.9 Å². The molecule has 1 saturated heterocycles. The molecule has 1 aromatic carbocycles. The molecule has 0 amide bonds. The highest BCUT2D eigenvalue weighted by Gasteiger charge is 2.52. The molecule has 4 atom stereocenters. The number of nitrogens with zero attached hydrogens (tertiary/aromatic N) is 5. The molecule has 0 radical (unpaired) electrons. The van der Waals surface area contributed by atoms with Crippen molar-refractivity contribution in [2.75, 3.05) is 52.7 Å². The van der Waals surface area contributed by atoms with Gasteiger partial charge in [0.2, 0.25) is 0 Å². The lowest BCUT2D eigenvalue weighted by atomic mass is 9.86. The average Bonchev–Trinajstić information content (AvgIpc) is 3.89. The maximum Gasteiger partial charge on any atom is 0.274 e. The zero-order valence-corrected chi connectivity index (χ0v) is 32.3. The Balaban J connectivity index is 1.16. The second-order valence-electron chi connectivity index (χ2n) is 16.4. The molecular formula is C42H57N7O3. The molecule has 0 bridgehead atoms. The summed E-state index contributed by atoms with van der Waals surface area (Å²) < 4.78 is 13.6. The summed E-state index contributed by atoms with van der Waals surface area (Å²) in [6.07, 6.45) is 12.2. The molecule has 1 saturated carbocycles. The molecule has 2 aliphatic carbocycles. The number of anilines is 1. The van der Waals surface area contributed by atoms with Crippen LogP contribution in [0.5, 0.6) is 0 Å². The van der Waals surface area contributed by atoms with E-state index in [0.29, 0.717) is 11.1 Å². The second kappa shape index (κ2) is 14.8. The third-order valence-corrected chi connectivity index (χ3v) is 11.9. The van der Waals surface area contributed by atoms with Crippen molar-refractivity contribution in [3.05, 3.63) is 92.1 Å². The number of pyridine rings is 1. The van der Waals surface area contributed by atoms with Crippen LogP contribution in [-0.2, 0) is 29.5 Å². The number of nitrogens with one attached hydrogen (secondary N) is 1. The van der Waals surface area contributed by atoms with Crippen LogP contribution in [0.15, 0.2) is 58.8 Å². The van der Waals surface area contributed by atoms with Crippen LogP contribution in [0.1, 0.15) is 81.3 Å². The summed E-state index contributed by atoms with van der Waals surface area (Å²) in [5.74, 6) is 0.832. The number of hydrogen-bond acceptors (Lipinski definition) is 9. The first kappa shape index (κ1) is 37.7. The smallest absolute Gasteiger partial charge is 0.274 e. The Bertz CT molecular complexity index is 1890. The van der Waals surface area contributed by atoms with Gasteiger partial charge in [-0.2, -0.15) is 5.26 Å². The first-order valence-corrected chi connectivity index (χ1v) is 18.7. The van der Waals surface area contributed by atoms with E-state index in [1.54, 1.807) is 27.5 Å². The second-order valence-corrected chi connectivity index (χ2v) is 16.4. The molecule has 2 aliphatic heterocycles. The molecule has 52 heavy (non-hydrogen) atoms. The van der Waals surface area contributed by atoms with Crippen molar-refractivity contribution in [2.45, 2.75) is 84.2 Å². The molecule has 4 aliphatic rings. The molecule has 4 unspecified atom stereocenters. The molecule has 10 heteroatoms. The van der Waals surface area contributed by atoms with E-state index < -0.39 is 0 Å². The van der Waals surface area contributed by atoms with E-state index in [-0.39, 0.29) is 46.3 Å². The van der Waals surface area contributed by atoms with E-state index in [0.717, 1.165) is 68.8 Å². The maximum atomic E-state index is 12.5. The van der Waals surface area contributed by atoms with Gasteiger partial charge in [-0.1, -0.05) is 45.0 Å². The predicted molar refractivity (Wildman–Crippen MR) is 208 cm³/mol. The summed E-state index contributed by atoms with van der Waals surface area (Å²) in [5, 5.41) is 18.0. The molecule has 2 fully saturated rings. The Kier molecular flexibility index (Phi) is 10.7. The summed E-state index contributed by atoms with van der Waals surface area (Å²) in [6, 6.07) is 9.66. The van der Waals surface area contributed by atoms with E-state index in [1.807, 2.05) is 6.08 Å². The number of benzene rings is 1. The van der Waals surface area contributed by atoms with E-state index in [2.05, 4.69) is 85.7 Å². The van der Waals surface area contributed by atoms with Gasteiger partial charge >= 0.3 is 0 Å². The normalized spacial score (nSPS) is 24.4. The molecule has 1 aromatic heterocycles. The summed E-state index contributed by atoms with van der Waals surface area (Å²) in [7, 11) is 5.11. The highest BCUT2D eigenvalue weighted by atomic mass is 16.5. The first-order valence-electron chi connectivity index (χ1n) is 18.7. The summed E-state index contributed by atoms with van der Waals surface area (Å²) in [5.41, 5.74) is 13.1. The number of rotatable bonds is 10. The van der Waals surface area contributed by atoms with Crippen molar-refractivity contribution in [3.63, 3.8) is 0 Å². The lowest BCUT2D eigenvalue weighted by Gasteiger charge is -2.45. The number of nitrogens with two attached hydrogens (primary N) is 1. The fourth-order valence-corrected chi connectivity index (χ4v) is 8.87. The number of piperazine rings is 1. The van der Waals surface area contributed by atoms with Crippen molar-refractivity contribution in [1.82, 2.24) is 19.3 Å². The van der Waals surface area contributed by atoms with Gasteiger partial charge in [0.25, 0.3) is 5.56 Å². The number of aryl methyl sites for hydroxylation is 1. The van der Waals surface area contributed by atoms with E-state index >= 15 is 0 Å². The first-order chi connectivity index (χ1) is 24.7. The fourth-order valence-electron chi connectivity index (χ4n) is 8.87. The summed E-state index contributed by atoms with van der Waals surface area (Å²) >= 11 is 0. The molecule has 3 heterocycles. The minimum atomic E-state index is -0.317. The highest BCUT2D eigenvalue weighted by Crippen LogP contribution is 2.46. The largest absolute Gasteiger partial charge is 0.501 e. The molecule has 3 N–H and O–H groups in total. The standard InChI is InChI=1S/C42H57N7O3/c1-27(31(21-43)20-41(3,4)5)49-15-12-33-29(10-9-11-32(33)28(49)2)23-47-16-17-48(42(26-47)13-14-42)25-36-37(51-7)18-30(19-38(36)52-8)35-24-46(6)40(50)39(45)34(35)22-44/h9-11,18-20,22,24,27-28,36-37,44H,12-17,23,25-26,45H2,1-8H3/b31-20+,44-22?. The molecule has 278 valence electrons. The monoisotopic (exact) mass is 707 g/mol. The van der Waals surface area contributed by atoms with Gasteiger partial charge in [-0.25, -0.2) is 0 Å². The zero-order valence-electron chi connectivity index (χ0n) is 32.3. The predicted octanol–water partition coefficient (Wildman–Crippen LogP) is 5.68. The Labute approximate surface area is 309 Å². The van der Waals surface area contributed by atoms with Crippen molar-refractivity contribution >= 4 is 17.5 Å². The fraction of sp³-hybridized carbons (Fsp3) is 0.548. The van der Waals surface area contributed by atoms with Gasteiger partial charge in [-0.3, -0.25) is 19.5 Å². The minimum absolute atomic E-state index is 0.00356. The van der Waals surface area contributed by atoms with E-state index in [9.17, 15) is 10.1 Å². The number of hydrogen-bond donors (Lipinski definition) is 2. The molecular weight excluding hydrogens is 651 g/mol. The van der Waals surface area contributed by atoms with Crippen LogP contribution in [-0.4, -0.2) is 90.1 Å². The van der Waals surface area contributed by atoms with Crippen LogP contribution in [0.2, 0.25) is 0 Å². The maximum absolute atomic E-state index is 12.5. The van der Waals surface area contributed by atoms with Crippen molar-refractivity contribution in [2.24, 2.45) is 18.4 Å². The quantitative estimate of drug-likeness (QED) is 0.239. The van der Waals surface area contributed by atoms with Gasteiger partial charge in [0.05, 0.1) is 25.2 Å². The van der Waals surface area contributed by atoms with Crippen LogP contribution < -0.4 is 11.3 Å². The van der Waals surface area contributed by atoms with Crippen molar-refractivity contribution < 1.29 is 9.47 Å². The minimum Gasteiger partial charge on any atom is -0.501 e. The third kappa shape index (κ3) is 7.29. The van der Waals surface area contributed by atoms with Crippen LogP contribution in [0.25, 0.3) is 5.57 Å². The molecule has 10 nitrogen and oxygen atoms in total. The number of aromatic nitrogens is 1. The zero-order chi connectivity index (χ0) is 37.5. The Morgan fingerprint density at radius 3 is 2.60 bits per heavy atom. The molecule has 6 rings (SSSR count). The molecule has 2 aromatic rings. The van der Waals surface area contributed by atoms with Gasteiger partial charge in [0, 0.05) is 100 Å². The van der Waals surface area contributed by atoms with Crippen molar-refractivity contribution in [3.8, 4) is 6.07 Å². The van der Waals surface area contributed by atoms with Crippen LogP contribution in [0, 0.1) is 28.1 Å². The number of allylic oxidation sites excluding steroid dienone is 3. The summed E-state index contributed by atoms with van der Waals surface area (Å²) in [6.45, 7) is 16.7. The Hall–Kier alpha value is -4.01. The number of nitriles is 1. The Morgan fingerprint density at radius 2 is 1.96 bits per heavy atom. The summed E-state index contributed by atoms with van der Waals surface area (Å²) in [4.78, 5) is 20.3. The lowest BCUT2D eigenvalue weighted by molar-refractivity contribution is 0.00891. The number of fused-ring (bicyclic) bond motifs is 1. The van der Waals surface area contributed by atoms with Crippen LogP contribution >= 0.6 is 0 Å². The Morgan fingerprint density at radius 1 is 1.21 bits per heavy atom. The number of ether oxygens (including phenoxy) is 2. The molecule has 1 spiro atoms. The van der Waals surface area contributed by atoms with Gasteiger partial charge < -0.3 is 25.2 Å². The highest BCUT2D eigenvalue weighted by molar-refractivity contribution is 5.94. The van der Waals surface area contributed by atoms with Crippen LogP contribution in [0.3, 0.4) is 0 Å². The van der Waals surface area contributed by atoms with Gasteiger partial charge in [-0.15, -0.1) is 0 Å². The lowest BCUT2D eigenvalue weighted by Crippen LogP contribution is -2.56. The van der Waals surface area contributed by atoms with Crippen LogP contribution in [0.4, 0.5) is 5.69 Å². The number of nitrogen functional groups attached to an aromatic ring is 1. The third-order valence-electron chi connectivity index (χ3n) is 11.9. The van der Waals surface area contributed by atoms with Gasteiger partial charge in [0.15, 0.2) is 0 Å². The number of methoxy groups -OCH3 is 2. The topological polar surface area (TPSA) is 124 Å². The van der Waals surface area contributed by atoms with Gasteiger partial charge in [0.1, 0.15) is 11.4 Å². The van der Waals surface area contributed by atoms with E-state index in [4.69, 9.17) is 20.6 Å². The SMILES string of the molecule is COC1=CC(c2cn(C)c(=O)c(N)c2C=N)=CC(OC)C1CN1CCN(Cc2cccc3c2CCN(C(C)/C(C#N)=C/C(C)(C)C)C3C)CC12CC2. The van der Waals surface area contributed by atoms with Crippen molar-refractivity contribution in [1.29, 1.82) is 10.7 Å². The van der Waals surface area contributed by atoms with E-state index in [1.165, 1.54) is 34.1 Å².